The molecule has 24 heavy (non-hydrogen) atoms. The Morgan fingerprint density at radius 1 is 1.29 bits per heavy atom. The maximum Gasteiger partial charge on any atom is 0.347 e. The van der Waals surface area contributed by atoms with Crippen molar-refractivity contribution in [3.63, 3.8) is 0 Å². The number of unbranched alkanes of at least 4 members (excludes halogenated alkanes) is 1. The summed E-state index contributed by atoms with van der Waals surface area (Å²) in [6.07, 6.45) is 5.91. The zero-order chi connectivity index (χ0) is 18.4. The van der Waals surface area contributed by atoms with E-state index in [1.807, 2.05) is 6.92 Å². The molecule has 0 aromatic heterocycles. The summed E-state index contributed by atoms with van der Waals surface area (Å²) in [7, 11) is 0. The van der Waals surface area contributed by atoms with Crippen LogP contribution in [0.4, 0.5) is 0 Å². The van der Waals surface area contributed by atoms with Crippen LogP contribution >= 0.6 is 0 Å². The van der Waals surface area contributed by atoms with Crippen LogP contribution in [0.25, 0.3) is 0 Å². The van der Waals surface area contributed by atoms with Crippen molar-refractivity contribution in [2.24, 2.45) is 16.7 Å². The van der Waals surface area contributed by atoms with Crippen molar-refractivity contribution in [2.75, 3.05) is 6.61 Å². The lowest BCUT2D eigenvalue weighted by atomic mass is 9.65. The van der Waals surface area contributed by atoms with Crippen molar-refractivity contribution >= 4 is 11.9 Å². The van der Waals surface area contributed by atoms with Crippen molar-refractivity contribution in [3.05, 3.63) is 0 Å². The van der Waals surface area contributed by atoms with Gasteiger partial charge >= 0.3 is 11.9 Å². The highest BCUT2D eigenvalue weighted by Gasteiger charge is 2.45. The highest BCUT2D eigenvalue weighted by molar-refractivity contribution is 5.83. The number of esters is 2. The van der Waals surface area contributed by atoms with Gasteiger partial charge in [0.1, 0.15) is 0 Å². The largest absolute Gasteiger partial charge is 0.463 e. The standard InChI is InChI=1S/C20H36O4/c1-7-9-10-15(3)20(6,14-19(4,5)12-8-2)18(22)24-16-11-13-23-17(16)21/h15-16H,7-14H2,1-6H3. The Balaban J connectivity index is 2.93. The molecule has 1 aliphatic heterocycles. The Morgan fingerprint density at radius 3 is 2.46 bits per heavy atom. The minimum atomic E-state index is -0.718. The van der Waals surface area contributed by atoms with Gasteiger partial charge in [-0.25, -0.2) is 4.79 Å². The fourth-order valence-corrected chi connectivity index (χ4v) is 3.88. The Bertz CT molecular complexity index is 429. The van der Waals surface area contributed by atoms with E-state index < -0.39 is 17.5 Å². The number of carbonyl (C=O) groups is 2. The van der Waals surface area contributed by atoms with Crippen molar-refractivity contribution in [1.82, 2.24) is 0 Å². The average molecular weight is 341 g/mol. The minimum Gasteiger partial charge on any atom is -0.463 e. The molecule has 4 nitrogen and oxygen atoms in total. The number of hydrogen-bond donors (Lipinski definition) is 0. The zero-order valence-corrected chi connectivity index (χ0v) is 16.4. The molecule has 0 bridgehead atoms. The summed E-state index contributed by atoms with van der Waals surface area (Å²) in [5.74, 6) is -0.419. The topological polar surface area (TPSA) is 52.6 Å². The molecular formula is C20H36O4. The molecule has 1 saturated heterocycles. The van der Waals surface area contributed by atoms with Gasteiger partial charge in [0.2, 0.25) is 6.10 Å². The Hall–Kier alpha value is -1.06. The summed E-state index contributed by atoms with van der Waals surface area (Å²) in [4.78, 5) is 24.7. The fourth-order valence-electron chi connectivity index (χ4n) is 3.88. The van der Waals surface area contributed by atoms with Crippen LogP contribution in [0.3, 0.4) is 0 Å². The van der Waals surface area contributed by atoms with Crippen molar-refractivity contribution in [3.8, 4) is 0 Å². The average Bonchev–Trinajstić information content (AvgIpc) is 2.89. The van der Waals surface area contributed by atoms with Crippen LogP contribution in [-0.2, 0) is 19.1 Å². The third-order valence-electron chi connectivity index (χ3n) is 5.45. The van der Waals surface area contributed by atoms with Gasteiger partial charge in [-0.15, -0.1) is 0 Å². The molecular weight excluding hydrogens is 304 g/mol. The van der Waals surface area contributed by atoms with Gasteiger partial charge in [0.25, 0.3) is 0 Å². The molecule has 0 spiro atoms. The maximum absolute atomic E-state index is 13.0. The van der Waals surface area contributed by atoms with Crippen LogP contribution in [0.5, 0.6) is 0 Å². The minimum absolute atomic E-state index is 0.0686. The molecule has 0 aromatic rings. The summed E-state index contributed by atoms with van der Waals surface area (Å²) in [5, 5.41) is 0. The van der Waals surface area contributed by atoms with E-state index in [0.29, 0.717) is 13.0 Å². The van der Waals surface area contributed by atoms with Gasteiger partial charge in [-0.2, -0.15) is 0 Å². The van der Waals surface area contributed by atoms with Crippen LogP contribution in [0.15, 0.2) is 0 Å². The third-order valence-corrected chi connectivity index (χ3v) is 5.45. The lowest BCUT2D eigenvalue weighted by molar-refractivity contribution is -0.172. The summed E-state index contributed by atoms with van der Waals surface area (Å²) in [6.45, 7) is 13.3. The number of hydrogen-bond acceptors (Lipinski definition) is 4. The van der Waals surface area contributed by atoms with Gasteiger partial charge in [0.05, 0.1) is 12.0 Å². The Kier molecular flexibility index (Phi) is 7.75. The van der Waals surface area contributed by atoms with Crippen LogP contribution in [0, 0.1) is 16.7 Å². The molecule has 3 unspecified atom stereocenters. The molecule has 0 aromatic carbocycles. The van der Waals surface area contributed by atoms with Gasteiger partial charge in [-0.1, -0.05) is 53.9 Å². The second-order valence-electron chi connectivity index (χ2n) is 8.40. The number of carbonyl (C=O) groups excluding carboxylic acids is 2. The third kappa shape index (κ3) is 5.49. The predicted octanol–water partition coefficient (Wildman–Crippen LogP) is 4.89. The van der Waals surface area contributed by atoms with Crippen molar-refractivity contribution in [1.29, 1.82) is 0 Å². The first kappa shape index (κ1) is 21.0. The SMILES string of the molecule is CCCCC(C)C(C)(CC(C)(C)CCC)C(=O)OC1CCOC1=O. The van der Waals surface area contributed by atoms with E-state index in [-0.39, 0.29) is 17.3 Å². The summed E-state index contributed by atoms with van der Waals surface area (Å²) >= 11 is 0. The zero-order valence-electron chi connectivity index (χ0n) is 16.4. The van der Waals surface area contributed by atoms with E-state index in [9.17, 15) is 9.59 Å². The van der Waals surface area contributed by atoms with Crippen molar-refractivity contribution < 1.29 is 19.1 Å². The maximum atomic E-state index is 13.0. The smallest absolute Gasteiger partial charge is 0.347 e. The lowest BCUT2D eigenvalue weighted by Gasteiger charge is -2.40. The number of cyclic esters (lactones) is 1. The second-order valence-corrected chi connectivity index (χ2v) is 8.40. The highest BCUT2D eigenvalue weighted by atomic mass is 16.6. The molecule has 4 heteroatoms. The first-order valence-electron chi connectivity index (χ1n) is 9.54. The molecule has 140 valence electrons. The Morgan fingerprint density at radius 2 is 1.96 bits per heavy atom. The monoisotopic (exact) mass is 340 g/mol. The lowest BCUT2D eigenvalue weighted by Crippen LogP contribution is -2.42. The predicted molar refractivity (Wildman–Crippen MR) is 95.6 cm³/mol. The summed E-state index contributed by atoms with van der Waals surface area (Å²) < 4.78 is 10.5. The number of ether oxygens (including phenoxy) is 2. The van der Waals surface area contributed by atoms with Crippen LogP contribution in [0.1, 0.15) is 86.5 Å². The van der Waals surface area contributed by atoms with Crippen LogP contribution in [0.2, 0.25) is 0 Å². The van der Waals surface area contributed by atoms with E-state index in [1.54, 1.807) is 0 Å². The molecule has 3 atom stereocenters. The normalized spacial score (nSPS) is 21.9. The number of rotatable bonds is 10. The molecule has 1 aliphatic rings. The molecule has 1 heterocycles. The molecule has 0 saturated carbocycles. The second kappa shape index (κ2) is 8.87. The molecule has 0 aliphatic carbocycles. The fraction of sp³-hybridized carbons (Fsp3) is 0.900. The van der Waals surface area contributed by atoms with Gasteiger partial charge in [0, 0.05) is 6.42 Å². The van der Waals surface area contributed by atoms with Gasteiger partial charge < -0.3 is 9.47 Å². The first-order chi connectivity index (χ1) is 11.2. The summed E-state index contributed by atoms with van der Waals surface area (Å²) in [5.41, 5.74) is -0.504. The summed E-state index contributed by atoms with van der Waals surface area (Å²) in [6, 6.07) is 0. The first-order valence-corrected chi connectivity index (χ1v) is 9.54. The highest BCUT2D eigenvalue weighted by Crippen LogP contribution is 2.44. The van der Waals surface area contributed by atoms with E-state index in [1.165, 1.54) is 0 Å². The van der Waals surface area contributed by atoms with E-state index in [4.69, 9.17) is 9.47 Å². The van der Waals surface area contributed by atoms with Gasteiger partial charge in [-0.05, 0) is 37.5 Å². The Labute approximate surface area is 147 Å². The van der Waals surface area contributed by atoms with Crippen molar-refractivity contribution in [2.45, 2.75) is 92.6 Å². The van der Waals surface area contributed by atoms with E-state index >= 15 is 0 Å². The van der Waals surface area contributed by atoms with Crippen LogP contribution < -0.4 is 0 Å². The van der Waals surface area contributed by atoms with Gasteiger partial charge in [0.15, 0.2) is 0 Å². The molecule has 1 fully saturated rings. The van der Waals surface area contributed by atoms with Gasteiger partial charge in [-0.3, -0.25) is 4.79 Å². The van der Waals surface area contributed by atoms with E-state index in [2.05, 4.69) is 34.6 Å². The quantitative estimate of drug-likeness (QED) is 0.531. The molecule has 0 amide bonds. The van der Waals surface area contributed by atoms with Crippen LogP contribution in [-0.4, -0.2) is 24.6 Å². The molecule has 0 N–H and O–H groups in total. The molecule has 1 rings (SSSR count). The van der Waals surface area contributed by atoms with E-state index in [0.717, 1.165) is 38.5 Å². The molecule has 0 radical (unpaired) electrons.